The first-order valence-corrected chi connectivity index (χ1v) is 10.1. The number of hydrogen-bond donors (Lipinski definition) is 2. The Kier molecular flexibility index (Phi) is 7.71. The summed E-state index contributed by atoms with van der Waals surface area (Å²) in [4.78, 5) is 26.7. The fourth-order valence-electron chi connectivity index (χ4n) is 3.76. The Morgan fingerprint density at radius 2 is 1.55 bits per heavy atom. The van der Waals surface area contributed by atoms with Crippen LogP contribution in [0.4, 0.5) is 0 Å². The van der Waals surface area contributed by atoms with Gasteiger partial charge in [0.2, 0.25) is 0 Å². The highest BCUT2D eigenvalue weighted by Gasteiger charge is 2.39. The summed E-state index contributed by atoms with van der Waals surface area (Å²) in [5.74, 6) is -0.871. The molecule has 0 aromatic heterocycles. The van der Waals surface area contributed by atoms with Gasteiger partial charge in [-0.05, 0) is 63.7 Å². The van der Waals surface area contributed by atoms with Gasteiger partial charge in [0, 0.05) is 11.6 Å². The molecule has 5 nitrogen and oxygen atoms in total. The molecule has 0 fully saturated rings. The molecule has 156 valence electrons. The van der Waals surface area contributed by atoms with Gasteiger partial charge in [0.1, 0.15) is 0 Å². The number of nitrogens with one attached hydrogen (secondary N) is 1. The largest absolute Gasteiger partial charge is 0.478 e. The molecule has 0 aliphatic rings. The van der Waals surface area contributed by atoms with Crippen molar-refractivity contribution in [3.8, 4) is 0 Å². The molecular weight excluding hydrogens is 364 g/mol. The lowest BCUT2D eigenvalue weighted by Gasteiger charge is -2.38. The number of likely N-dealkylation sites (N-methyl/N-ethyl adjacent to an activating group) is 1. The van der Waals surface area contributed by atoms with Crippen molar-refractivity contribution in [3.63, 3.8) is 0 Å². The van der Waals surface area contributed by atoms with Crippen molar-refractivity contribution in [2.24, 2.45) is 0 Å². The Balaban J connectivity index is 2.32. The van der Waals surface area contributed by atoms with E-state index >= 15 is 0 Å². The summed E-state index contributed by atoms with van der Waals surface area (Å²) in [6, 6.07) is 14.9. The van der Waals surface area contributed by atoms with Crippen LogP contribution in [0, 0.1) is 0 Å². The zero-order chi connectivity index (χ0) is 21.6. The predicted molar refractivity (Wildman–Crippen MR) is 117 cm³/mol. The average Bonchev–Trinajstić information content (AvgIpc) is 2.72. The maximum absolute atomic E-state index is 13.6. The third kappa shape index (κ3) is 5.11. The van der Waals surface area contributed by atoms with E-state index in [9.17, 15) is 9.59 Å². The Morgan fingerprint density at radius 1 is 1.00 bits per heavy atom. The molecule has 0 saturated heterocycles. The number of carbonyl (C=O) groups is 2. The Bertz CT molecular complexity index is 828. The molecule has 29 heavy (non-hydrogen) atoms. The molecule has 0 radical (unpaired) electrons. The molecule has 2 N–H and O–H groups in total. The lowest BCUT2D eigenvalue weighted by Crippen LogP contribution is -2.52. The van der Waals surface area contributed by atoms with E-state index < -0.39 is 11.5 Å². The van der Waals surface area contributed by atoms with Crippen LogP contribution < -0.4 is 5.32 Å². The van der Waals surface area contributed by atoms with Crippen LogP contribution in [0.25, 0.3) is 0 Å². The second-order valence-electron chi connectivity index (χ2n) is 7.69. The monoisotopic (exact) mass is 396 g/mol. The molecule has 2 rings (SSSR count). The molecule has 0 bridgehead atoms. The smallest absolute Gasteiger partial charge is 0.335 e. The number of carboxylic acids is 1. The number of nitrogens with zero attached hydrogens (tertiary/aromatic N) is 1. The second-order valence-corrected chi connectivity index (χ2v) is 7.69. The Morgan fingerprint density at radius 3 is 2.00 bits per heavy atom. The fourth-order valence-corrected chi connectivity index (χ4v) is 3.76. The van der Waals surface area contributed by atoms with Gasteiger partial charge in [0.25, 0.3) is 0 Å². The van der Waals surface area contributed by atoms with E-state index in [1.165, 1.54) is 0 Å². The van der Waals surface area contributed by atoms with Crippen molar-refractivity contribution < 1.29 is 14.7 Å². The highest BCUT2D eigenvalue weighted by atomic mass is 16.4. The number of benzene rings is 2. The molecule has 0 aliphatic carbocycles. The highest BCUT2D eigenvalue weighted by molar-refractivity contribution is 6.03. The number of aromatic carboxylic acids is 1. The summed E-state index contributed by atoms with van der Waals surface area (Å²) >= 11 is 0. The molecule has 2 aromatic carbocycles. The number of Topliss-reactive ketones (excluding diaryl/α,β-unsaturated/α-hetero) is 1. The summed E-state index contributed by atoms with van der Waals surface area (Å²) in [5.41, 5.74) is 2.34. The van der Waals surface area contributed by atoms with Crippen LogP contribution in [-0.4, -0.2) is 47.9 Å². The summed E-state index contributed by atoms with van der Waals surface area (Å²) in [6.07, 6.45) is 1.17. The van der Waals surface area contributed by atoms with E-state index in [2.05, 4.69) is 19.2 Å². The standard InChI is InChI=1S/C24H32N2O3/c1-6-24(26(4)5,16-18-8-10-21(11-9-18)23(28)29)22(27)20-14-12-19(13-15-20)17(3)25-7-2/h8-15,17,25H,6-7,16H2,1-5H3,(H,28,29). The van der Waals surface area contributed by atoms with E-state index in [1.54, 1.807) is 24.3 Å². The fraction of sp³-hybridized carbons (Fsp3) is 0.417. The van der Waals surface area contributed by atoms with Crippen molar-refractivity contribution in [2.45, 2.75) is 45.2 Å². The van der Waals surface area contributed by atoms with Gasteiger partial charge in [-0.2, -0.15) is 0 Å². The van der Waals surface area contributed by atoms with E-state index in [4.69, 9.17) is 5.11 Å². The number of carbonyl (C=O) groups excluding carboxylic acids is 1. The van der Waals surface area contributed by atoms with Gasteiger partial charge in [-0.15, -0.1) is 0 Å². The van der Waals surface area contributed by atoms with E-state index in [1.807, 2.05) is 50.2 Å². The average molecular weight is 397 g/mol. The molecule has 0 aliphatic heterocycles. The Labute approximate surface area is 173 Å². The number of ketones is 1. The molecule has 0 amide bonds. The highest BCUT2D eigenvalue weighted by Crippen LogP contribution is 2.28. The lowest BCUT2D eigenvalue weighted by atomic mass is 9.80. The summed E-state index contributed by atoms with van der Waals surface area (Å²) in [5, 5.41) is 12.5. The SMILES string of the molecule is CCNC(C)c1ccc(C(=O)C(CC)(Cc2ccc(C(=O)O)cc2)N(C)C)cc1. The van der Waals surface area contributed by atoms with Gasteiger partial charge in [0.15, 0.2) is 5.78 Å². The Hall–Kier alpha value is -2.50. The van der Waals surface area contributed by atoms with Crippen molar-refractivity contribution in [1.82, 2.24) is 10.2 Å². The number of rotatable bonds is 10. The van der Waals surface area contributed by atoms with Crippen LogP contribution in [0.15, 0.2) is 48.5 Å². The van der Waals surface area contributed by atoms with Crippen molar-refractivity contribution in [1.29, 1.82) is 0 Å². The summed E-state index contributed by atoms with van der Waals surface area (Å²) < 4.78 is 0. The summed E-state index contributed by atoms with van der Waals surface area (Å²) in [6.45, 7) is 7.09. The van der Waals surface area contributed by atoms with Crippen LogP contribution in [0.1, 0.15) is 65.1 Å². The number of hydrogen-bond acceptors (Lipinski definition) is 4. The quantitative estimate of drug-likeness (QED) is 0.589. The van der Waals surface area contributed by atoms with Gasteiger partial charge in [0.05, 0.1) is 11.1 Å². The minimum atomic E-state index is -0.950. The van der Waals surface area contributed by atoms with Gasteiger partial charge in [-0.1, -0.05) is 50.2 Å². The van der Waals surface area contributed by atoms with E-state index in [0.717, 1.165) is 17.7 Å². The minimum absolute atomic E-state index is 0.0787. The van der Waals surface area contributed by atoms with Gasteiger partial charge >= 0.3 is 5.97 Å². The van der Waals surface area contributed by atoms with Crippen molar-refractivity contribution in [2.75, 3.05) is 20.6 Å². The zero-order valence-corrected chi connectivity index (χ0v) is 18.0. The lowest BCUT2D eigenvalue weighted by molar-refractivity contribution is 0.0663. The molecule has 2 unspecified atom stereocenters. The molecule has 0 spiro atoms. The third-order valence-corrected chi connectivity index (χ3v) is 5.74. The predicted octanol–water partition coefficient (Wildman–Crippen LogP) is 4.19. The van der Waals surface area contributed by atoms with Crippen molar-refractivity contribution in [3.05, 3.63) is 70.8 Å². The summed E-state index contributed by atoms with van der Waals surface area (Å²) in [7, 11) is 3.85. The third-order valence-electron chi connectivity index (χ3n) is 5.74. The van der Waals surface area contributed by atoms with E-state index in [0.29, 0.717) is 18.4 Å². The molecule has 5 heteroatoms. The first-order chi connectivity index (χ1) is 13.7. The van der Waals surface area contributed by atoms with Crippen LogP contribution >= 0.6 is 0 Å². The second kappa shape index (κ2) is 9.81. The van der Waals surface area contributed by atoms with Gasteiger partial charge < -0.3 is 10.4 Å². The topological polar surface area (TPSA) is 69.6 Å². The molecule has 0 saturated carbocycles. The molecule has 2 aromatic rings. The zero-order valence-electron chi connectivity index (χ0n) is 18.0. The minimum Gasteiger partial charge on any atom is -0.478 e. The molecular formula is C24H32N2O3. The van der Waals surface area contributed by atoms with Crippen molar-refractivity contribution >= 4 is 11.8 Å². The molecule has 2 atom stereocenters. The van der Waals surface area contributed by atoms with E-state index in [-0.39, 0.29) is 17.4 Å². The normalized spacial score (nSPS) is 14.4. The molecule has 0 heterocycles. The number of carboxylic acid groups (broad SMARTS) is 1. The first kappa shape index (κ1) is 22.8. The maximum atomic E-state index is 13.6. The maximum Gasteiger partial charge on any atom is 0.335 e. The first-order valence-electron chi connectivity index (χ1n) is 10.1. The van der Waals surface area contributed by atoms with Crippen LogP contribution in [-0.2, 0) is 6.42 Å². The van der Waals surface area contributed by atoms with Gasteiger partial charge in [-0.25, -0.2) is 4.79 Å². The van der Waals surface area contributed by atoms with Gasteiger partial charge in [-0.3, -0.25) is 9.69 Å². The van der Waals surface area contributed by atoms with Crippen LogP contribution in [0.5, 0.6) is 0 Å². The van der Waals surface area contributed by atoms with Crippen LogP contribution in [0.3, 0.4) is 0 Å². The van der Waals surface area contributed by atoms with Crippen LogP contribution in [0.2, 0.25) is 0 Å².